The van der Waals surface area contributed by atoms with Crippen LogP contribution in [0.1, 0.15) is 13.2 Å². The molecule has 6 N–H and O–H groups in total. The maximum absolute atomic E-state index is 15.0. The van der Waals surface area contributed by atoms with Crippen molar-refractivity contribution < 1.29 is 33.1 Å². The number of H-pyrrole nitrogens is 1. The molecule has 4 atom stereocenters. The molecule has 12 nitrogen and oxygen atoms in total. The number of aliphatic hydroxyl groups excluding tert-OH is 1. The summed E-state index contributed by atoms with van der Waals surface area (Å²) in [6, 6.07) is 0. The van der Waals surface area contributed by atoms with E-state index >= 15 is 4.39 Å². The molecule has 0 amide bonds. The molecule has 3 rings (SSSR count). The molecule has 0 radical (unpaired) electrons. The number of phosphoric ester groups is 1. The van der Waals surface area contributed by atoms with Crippen LogP contribution in [0.2, 0.25) is 0 Å². The highest BCUT2D eigenvalue weighted by Gasteiger charge is 2.55. The van der Waals surface area contributed by atoms with Gasteiger partial charge < -0.3 is 25.4 Å². The Morgan fingerprint density at radius 1 is 1.60 bits per heavy atom. The summed E-state index contributed by atoms with van der Waals surface area (Å²) in [7, 11) is -4.83. The minimum Gasteiger partial charge on any atom is -0.387 e. The van der Waals surface area contributed by atoms with Crippen molar-refractivity contribution in [2.75, 3.05) is 12.3 Å². The van der Waals surface area contributed by atoms with Crippen LogP contribution in [-0.4, -0.2) is 58.9 Å². The van der Waals surface area contributed by atoms with Gasteiger partial charge in [0.05, 0.1) is 12.9 Å². The number of aliphatic hydroxyl groups is 1. The maximum Gasteiger partial charge on any atom is 0.469 e. The van der Waals surface area contributed by atoms with Crippen molar-refractivity contribution in [3.05, 3.63) is 16.7 Å². The molecule has 1 fully saturated rings. The van der Waals surface area contributed by atoms with E-state index < -0.39 is 44.1 Å². The van der Waals surface area contributed by atoms with Gasteiger partial charge in [0, 0.05) is 0 Å². The number of ether oxygens (including phenoxy) is 1. The van der Waals surface area contributed by atoms with E-state index in [1.807, 2.05) is 0 Å². The summed E-state index contributed by atoms with van der Waals surface area (Å²) < 4.78 is 36.5. The van der Waals surface area contributed by atoms with Gasteiger partial charge in [-0.1, -0.05) is 0 Å². The first-order valence-corrected chi connectivity index (χ1v) is 8.48. The van der Waals surface area contributed by atoms with Crippen molar-refractivity contribution in [1.29, 1.82) is 0 Å². The number of rotatable bonds is 4. The number of hydrogen-bond acceptors (Lipinski definition) is 8. The second-order valence-corrected chi connectivity index (χ2v) is 6.92. The fourth-order valence-corrected chi connectivity index (χ4v) is 2.98. The highest BCUT2D eigenvalue weighted by Crippen LogP contribution is 2.44. The van der Waals surface area contributed by atoms with Gasteiger partial charge in [-0.05, 0) is 6.92 Å². The molecule has 2 aromatic rings. The Morgan fingerprint density at radius 2 is 2.28 bits per heavy atom. The number of anilines is 1. The highest BCUT2D eigenvalue weighted by molar-refractivity contribution is 7.46. The second-order valence-electron chi connectivity index (χ2n) is 5.68. The molecular weight excluding hydrogens is 364 g/mol. The Morgan fingerprint density at radius 3 is 2.92 bits per heavy atom. The SMILES string of the molecule is C[C@@]1(F)[C@H](O)C(COP(=O)(O)O)O[C@H]1n1cnc2c(=O)[nH]c(N)nc21. The first-order valence-electron chi connectivity index (χ1n) is 6.95. The fourth-order valence-electron chi connectivity index (χ4n) is 2.64. The maximum atomic E-state index is 15.0. The fraction of sp³-hybridized carbons (Fsp3) is 0.545. The molecule has 0 spiro atoms. The summed E-state index contributed by atoms with van der Waals surface area (Å²) in [5.74, 6) is -0.222. The quantitative estimate of drug-likeness (QED) is 0.404. The molecule has 25 heavy (non-hydrogen) atoms. The molecule has 138 valence electrons. The number of imidazole rings is 1. The second kappa shape index (κ2) is 5.83. The van der Waals surface area contributed by atoms with E-state index in [9.17, 15) is 14.5 Å². The number of nitrogens with one attached hydrogen (secondary N) is 1. The van der Waals surface area contributed by atoms with E-state index in [0.29, 0.717) is 0 Å². The van der Waals surface area contributed by atoms with Crippen molar-refractivity contribution in [2.24, 2.45) is 0 Å². The summed E-state index contributed by atoms with van der Waals surface area (Å²) in [5.41, 5.74) is 2.26. The molecule has 1 aliphatic heterocycles. The third-order valence-corrected chi connectivity index (χ3v) is 4.31. The van der Waals surface area contributed by atoms with Gasteiger partial charge in [0.2, 0.25) is 5.95 Å². The summed E-state index contributed by atoms with van der Waals surface area (Å²) in [5, 5.41) is 10.1. The molecular formula is C11H15FN5O7P. The number of nitrogens with zero attached hydrogens (tertiary/aromatic N) is 3. The van der Waals surface area contributed by atoms with Crippen LogP contribution in [0.15, 0.2) is 11.1 Å². The number of aromatic amines is 1. The number of hydrogen-bond donors (Lipinski definition) is 5. The normalized spacial score (nSPS) is 30.2. The van der Waals surface area contributed by atoms with Crippen LogP contribution >= 0.6 is 7.82 Å². The van der Waals surface area contributed by atoms with Gasteiger partial charge in [-0.15, -0.1) is 0 Å². The van der Waals surface area contributed by atoms with Crippen molar-refractivity contribution >= 4 is 24.9 Å². The van der Waals surface area contributed by atoms with Crippen LogP contribution in [0, 0.1) is 0 Å². The summed E-state index contributed by atoms with van der Waals surface area (Å²) in [6.45, 7) is 0.284. The Kier molecular flexibility index (Phi) is 4.18. The molecule has 3 heterocycles. The van der Waals surface area contributed by atoms with E-state index in [1.54, 1.807) is 0 Å². The van der Waals surface area contributed by atoms with Crippen LogP contribution in [0.4, 0.5) is 10.3 Å². The Labute approximate surface area is 138 Å². The standard InChI is InChI=1S/C11H15FN5O7P/c1-11(12)6(18)4(2-23-25(20,21)22)24-9(11)17-3-14-5-7(17)15-10(13)16-8(5)19/h3-4,6,9,18H,2H2,1H3,(H2,20,21,22)(H3,13,15,16,19)/t4?,6-,9-,11-/m1/s1. The van der Waals surface area contributed by atoms with E-state index in [4.69, 9.17) is 20.3 Å². The topological polar surface area (TPSA) is 186 Å². The molecule has 1 saturated heterocycles. The Bertz CT molecular complexity index is 908. The first-order chi connectivity index (χ1) is 11.5. The summed E-state index contributed by atoms with van der Waals surface area (Å²) in [6.07, 6.45) is -3.52. The molecule has 1 unspecified atom stereocenters. The first kappa shape index (κ1) is 17.9. The molecule has 0 bridgehead atoms. The molecule has 14 heteroatoms. The van der Waals surface area contributed by atoms with Crippen LogP contribution in [-0.2, 0) is 13.8 Å². The van der Waals surface area contributed by atoms with Gasteiger partial charge in [0.25, 0.3) is 5.56 Å². The predicted octanol–water partition coefficient (Wildman–Crippen LogP) is -1.20. The summed E-state index contributed by atoms with van der Waals surface area (Å²) >= 11 is 0. The minimum absolute atomic E-state index is 0.0705. The minimum atomic E-state index is -4.83. The lowest BCUT2D eigenvalue weighted by Crippen LogP contribution is -2.40. The van der Waals surface area contributed by atoms with Crippen LogP contribution in [0.25, 0.3) is 11.2 Å². The lowest BCUT2D eigenvalue weighted by molar-refractivity contribution is -0.0560. The van der Waals surface area contributed by atoms with Crippen molar-refractivity contribution in [3.8, 4) is 0 Å². The van der Waals surface area contributed by atoms with E-state index in [1.165, 1.54) is 0 Å². The van der Waals surface area contributed by atoms with Crippen molar-refractivity contribution in [3.63, 3.8) is 0 Å². The number of halogens is 1. The number of nitrogens with two attached hydrogens (primary N) is 1. The van der Waals surface area contributed by atoms with E-state index in [2.05, 4.69) is 19.5 Å². The number of alkyl halides is 1. The van der Waals surface area contributed by atoms with Gasteiger partial charge in [-0.2, -0.15) is 4.98 Å². The third kappa shape index (κ3) is 3.17. The molecule has 0 aliphatic carbocycles. The summed E-state index contributed by atoms with van der Waals surface area (Å²) in [4.78, 5) is 39.2. The number of nitrogen functional groups attached to an aromatic ring is 1. The zero-order valence-electron chi connectivity index (χ0n) is 12.7. The van der Waals surface area contributed by atoms with Crippen LogP contribution in [0.5, 0.6) is 0 Å². The zero-order valence-corrected chi connectivity index (χ0v) is 13.6. The predicted molar refractivity (Wildman–Crippen MR) is 80.0 cm³/mol. The molecule has 2 aromatic heterocycles. The Balaban J connectivity index is 1.97. The van der Waals surface area contributed by atoms with Gasteiger partial charge in [0.1, 0.15) is 12.2 Å². The van der Waals surface area contributed by atoms with Gasteiger partial charge in [-0.25, -0.2) is 13.9 Å². The molecule has 0 aromatic carbocycles. The zero-order chi connectivity index (χ0) is 18.6. The Hall–Kier alpha value is -1.89. The smallest absolute Gasteiger partial charge is 0.387 e. The van der Waals surface area contributed by atoms with E-state index in [0.717, 1.165) is 17.8 Å². The number of fused-ring (bicyclic) bond motifs is 1. The molecule has 0 saturated carbocycles. The highest BCUT2D eigenvalue weighted by atomic mass is 31.2. The average Bonchev–Trinajstić information content (AvgIpc) is 2.97. The van der Waals surface area contributed by atoms with E-state index in [-0.39, 0.29) is 17.1 Å². The van der Waals surface area contributed by atoms with Crippen molar-refractivity contribution in [2.45, 2.75) is 31.0 Å². The molecule has 1 aliphatic rings. The lowest BCUT2D eigenvalue weighted by atomic mass is 9.98. The van der Waals surface area contributed by atoms with Crippen LogP contribution < -0.4 is 11.3 Å². The average molecular weight is 379 g/mol. The number of aromatic nitrogens is 4. The third-order valence-electron chi connectivity index (χ3n) is 3.83. The largest absolute Gasteiger partial charge is 0.469 e. The van der Waals surface area contributed by atoms with Crippen LogP contribution in [0.3, 0.4) is 0 Å². The lowest BCUT2D eigenvalue weighted by Gasteiger charge is -2.24. The van der Waals surface area contributed by atoms with Gasteiger partial charge in [0.15, 0.2) is 23.1 Å². The monoisotopic (exact) mass is 379 g/mol. The number of phosphoric acid groups is 1. The van der Waals surface area contributed by atoms with Crippen molar-refractivity contribution in [1.82, 2.24) is 19.5 Å². The van der Waals surface area contributed by atoms with Gasteiger partial charge >= 0.3 is 7.82 Å². The van der Waals surface area contributed by atoms with Gasteiger partial charge in [-0.3, -0.25) is 18.9 Å².